The fourth-order valence-corrected chi connectivity index (χ4v) is 2.24. The summed E-state index contributed by atoms with van der Waals surface area (Å²) < 4.78 is 13.3. The molecule has 1 aromatic carbocycles. The molecular weight excluding hydrogens is 279 g/mol. The van der Waals surface area contributed by atoms with E-state index in [0.717, 1.165) is 12.1 Å². The number of benzene rings is 1. The minimum atomic E-state index is -0.979. The molecule has 0 aromatic heterocycles. The standard InChI is InChI=1S/C14H19FN2O4/c1-3-11(4-2)16(7-8-18)14(19)10-5-6-12(15)13(9-10)17(20)21/h5-6,9,11,18H,3-4,7-8H2,1-2H3. The van der Waals surface area contributed by atoms with E-state index >= 15 is 0 Å². The SMILES string of the molecule is CCC(CC)N(CCO)C(=O)c1ccc(F)c([N+](=O)[O-])c1. The molecule has 116 valence electrons. The van der Waals surface area contributed by atoms with Crippen LogP contribution in [0.2, 0.25) is 0 Å². The molecule has 7 heteroatoms. The van der Waals surface area contributed by atoms with E-state index in [1.807, 2.05) is 13.8 Å². The molecule has 0 heterocycles. The van der Waals surface area contributed by atoms with Crippen molar-refractivity contribution in [1.29, 1.82) is 0 Å². The predicted molar refractivity (Wildman–Crippen MR) is 75.5 cm³/mol. The van der Waals surface area contributed by atoms with Crippen LogP contribution in [-0.4, -0.2) is 40.0 Å². The Bertz CT molecular complexity index is 518. The van der Waals surface area contributed by atoms with E-state index in [4.69, 9.17) is 5.11 Å². The van der Waals surface area contributed by atoms with Crippen LogP contribution in [0.15, 0.2) is 18.2 Å². The molecule has 1 rings (SSSR count). The fourth-order valence-electron chi connectivity index (χ4n) is 2.24. The molecule has 0 bridgehead atoms. The summed E-state index contributed by atoms with van der Waals surface area (Å²) in [6.07, 6.45) is 1.40. The number of amides is 1. The Labute approximate surface area is 122 Å². The second kappa shape index (κ2) is 7.68. The molecule has 0 unspecified atom stereocenters. The first-order valence-electron chi connectivity index (χ1n) is 6.81. The molecule has 1 N–H and O–H groups in total. The van der Waals surface area contributed by atoms with Crippen molar-refractivity contribution in [2.24, 2.45) is 0 Å². The molecule has 21 heavy (non-hydrogen) atoms. The highest BCUT2D eigenvalue weighted by Gasteiger charge is 2.24. The number of hydrogen-bond acceptors (Lipinski definition) is 4. The first-order chi connectivity index (χ1) is 9.96. The van der Waals surface area contributed by atoms with E-state index in [1.54, 1.807) is 0 Å². The normalized spacial score (nSPS) is 10.7. The van der Waals surface area contributed by atoms with Gasteiger partial charge in [0.25, 0.3) is 5.91 Å². The molecule has 0 radical (unpaired) electrons. The van der Waals surface area contributed by atoms with Crippen LogP contribution in [-0.2, 0) is 0 Å². The summed E-state index contributed by atoms with van der Waals surface area (Å²) in [7, 11) is 0. The van der Waals surface area contributed by atoms with Crippen molar-refractivity contribution in [1.82, 2.24) is 4.90 Å². The largest absolute Gasteiger partial charge is 0.395 e. The number of nitrogens with zero attached hydrogens (tertiary/aromatic N) is 2. The molecule has 0 spiro atoms. The highest BCUT2D eigenvalue weighted by molar-refractivity contribution is 5.95. The lowest BCUT2D eigenvalue weighted by molar-refractivity contribution is -0.387. The first-order valence-corrected chi connectivity index (χ1v) is 6.81. The Morgan fingerprint density at radius 3 is 2.52 bits per heavy atom. The Morgan fingerprint density at radius 2 is 2.05 bits per heavy atom. The van der Waals surface area contributed by atoms with Gasteiger partial charge in [0.15, 0.2) is 0 Å². The summed E-state index contributed by atoms with van der Waals surface area (Å²) in [6, 6.07) is 2.99. The summed E-state index contributed by atoms with van der Waals surface area (Å²) in [5.41, 5.74) is -0.683. The van der Waals surface area contributed by atoms with Crippen molar-refractivity contribution < 1.29 is 19.2 Å². The molecule has 0 atom stereocenters. The van der Waals surface area contributed by atoms with E-state index < -0.39 is 22.3 Å². The van der Waals surface area contributed by atoms with Crippen molar-refractivity contribution in [3.05, 3.63) is 39.7 Å². The molecule has 0 saturated heterocycles. The average molecular weight is 298 g/mol. The summed E-state index contributed by atoms with van der Waals surface area (Å²) in [5.74, 6) is -1.42. The quantitative estimate of drug-likeness (QED) is 0.618. The first kappa shape index (κ1) is 17.0. The monoisotopic (exact) mass is 298 g/mol. The summed E-state index contributed by atoms with van der Waals surface area (Å²) in [6.45, 7) is 3.76. The van der Waals surface area contributed by atoms with Gasteiger partial charge in [0, 0.05) is 24.2 Å². The maximum Gasteiger partial charge on any atom is 0.305 e. The third-order valence-corrected chi connectivity index (χ3v) is 3.37. The average Bonchev–Trinajstić information content (AvgIpc) is 2.47. The van der Waals surface area contributed by atoms with Crippen molar-refractivity contribution in [2.75, 3.05) is 13.2 Å². The zero-order valence-electron chi connectivity index (χ0n) is 12.1. The Hall–Kier alpha value is -2.02. The number of rotatable bonds is 7. The number of aliphatic hydroxyl groups is 1. The van der Waals surface area contributed by atoms with Gasteiger partial charge in [-0.1, -0.05) is 13.8 Å². The van der Waals surface area contributed by atoms with Crippen molar-refractivity contribution in [3.63, 3.8) is 0 Å². The number of nitro benzene ring substituents is 1. The number of aliphatic hydroxyl groups excluding tert-OH is 1. The topological polar surface area (TPSA) is 83.7 Å². The van der Waals surface area contributed by atoms with Gasteiger partial charge in [-0.3, -0.25) is 14.9 Å². The third-order valence-electron chi connectivity index (χ3n) is 3.37. The maximum absolute atomic E-state index is 13.3. The Balaban J connectivity index is 3.14. The molecule has 0 aliphatic heterocycles. The van der Waals surface area contributed by atoms with E-state index in [2.05, 4.69) is 0 Å². The van der Waals surface area contributed by atoms with Crippen LogP contribution in [0.4, 0.5) is 10.1 Å². The van der Waals surface area contributed by atoms with Crippen LogP contribution in [0.5, 0.6) is 0 Å². The van der Waals surface area contributed by atoms with Gasteiger partial charge in [0.2, 0.25) is 5.82 Å². The van der Waals surface area contributed by atoms with Gasteiger partial charge in [0.05, 0.1) is 11.5 Å². The number of nitro groups is 1. The fraction of sp³-hybridized carbons (Fsp3) is 0.500. The van der Waals surface area contributed by atoms with Gasteiger partial charge < -0.3 is 10.0 Å². The summed E-state index contributed by atoms with van der Waals surface area (Å²) in [4.78, 5) is 23.8. The van der Waals surface area contributed by atoms with Gasteiger partial charge in [-0.05, 0) is 25.0 Å². The highest BCUT2D eigenvalue weighted by atomic mass is 19.1. The minimum Gasteiger partial charge on any atom is -0.395 e. The second-order valence-corrected chi connectivity index (χ2v) is 4.62. The molecule has 0 aliphatic carbocycles. The molecule has 0 saturated carbocycles. The van der Waals surface area contributed by atoms with Crippen molar-refractivity contribution in [3.8, 4) is 0 Å². The molecular formula is C14H19FN2O4. The molecule has 0 aliphatic rings. The summed E-state index contributed by atoms with van der Waals surface area (Å²) in [5, 5.41) is 19.8. The van der Waals surface area contributed by atoms with Crippen LogP contribution in [0.1, 0.15) is 37.0 Å². The van der Waals surface area contributed by atoms with Crippen LogP contribution < -0.4 is 0 Å². The van der Waals surface area contributed by atoms with Gasteiger partial charge in [-0.2, -0.15) is 4.39 Å². The van der Waals surface area contributed by atoms with Gasteiger partial charge >= 0.3 is 5.69 Å². The number of halogens is 1. The number of carbonyl (C=O) groups is 1. The van der Waals surface area contributed by atoms with Crippen molar-refractivity contribution in [2.45, 2.75) is 32.7 Å². The van der Waals surface area contributed by atoms with Gasteiger partial charge in [0.1, 0.15) is 0 Å². The van der Waals surface area contributed by atoms with Crippen LogP contribution in [0, 0.1) is 15.9 Å². The molecule has 1 aromatic rings. The lowest BCUT2D eigenvalue weighted by atomic mass is 10.1. The number of carbonyl (C=O) groups excluding carboxylic acids is 1. The third kappa shape index (κ3) is 3.98. The van der Waals surface area contributed by atoms with E-state index in [-0.39, 0.29) is 24.8 Å². The lowest BCUT2D eigenvalue weighted by Crippen LogP contribution is -2.41. The van der Waals surface area contributed by atoms with Gasteiger partial charge in [-0.15, -0.1) is 0 Å². The summed E-state index contributed by atoms with van der Waals surface area (Å²) >= 11 is 0. The zero-order valence-corrected chi connectivity index (χ0v) is 12.1. The molecule has 6 nitrogen and oxygen atoms in total. The smallest absolute Gasteiger partial charge is 0.305 e. The Kier molecular flexibility index (Phi) is 6.23. The molecule has 1 amide bonds. The van der Waals surface area contributed by atoms with E-state index in [1.165, 1.54) is 11.0 Å². The van der Waals surface area contributed by atoms with Crippen molar-refractivity contribution >= 4 is 11.6 Å². The maximum atomic E-state index is 13.3. The number of hydrogen-bond donors (Lipinski definition) is 1. The second-order valence-electron chi connectivity index (χ2n) is 4.62. The van der Waals surface area contributed by atoms with Gasteiger partial charge in [-0.25, -0.2) is 0 Å². The zero-order chi connectivity index (χ0) is 16.0. The predicted octanol–water partition coefficient (Wildman–Crippen LogP) is 2.36. The van der Waals surface area contributed by atoms with Crippen LogP contribution in [0.3, 0.4) is 0 Å². The molecule has 0 fully saturated rings. The lowest BCUT2D eigenvalue weighted by Gasteiger charge is -2.30. The minimum absolute atomic E-state index is 0.0449. The Morgan fingerprint density at radius 1 is 1.43 bits per heavy atom. The highest BCUT2D eigenvalue weighted by Crippen LogP contribution is 2.21. The van der Waals surface area contributed by atoms with E-state index in [9.17, 15) is 19.3 Å². The van der Waals surface area contributed by atoms with Crippen LogP contribution in [0.25, 0.3) is 0 Å². The van der Waals surface area contributed by atoms with Crippen LogP contribution >= 0.6 is 0 Å². The van der Waals surface area contributed by atoms with E-state index in [0.29, 0.717) is 12.8 Å².